The highest BCUT2D eigenvalue weighted by Crippen LogP contribution is 2.25. The zero-order valence-corrected chi connectivity index (χ0v) is 16.8. The van der Waals surface area contributed by atoms with Crippen molar-refractivity contribution < 1.29 is 19.3 Å². The number of hydrogen-bond acceptors (Lipinski definition) is 5. The molecular weight excluding hydrogens is 398 g/mol. The van der Waals surface area contributed by atoms with E-state index in [1.165, 1.54) is 19.1 Å². The molecule has 8 nitrogen and oxygen atoms in total. The molecule has 0 saturated heterocycles. The minimum absolute atomic E-state index is 0.0122. The number of carbonyl (C=O) groups is 3. The number of ketones is 1. The van der Waals surface area contributed by atoms with Crippen molar-refractivity contribution in [2.75, 3.05) is 5.32 Å². The number of nitrogens with zero attached hydrogens (tertiary/aromatic N) is 1. The maximum absolute atomic E-state index is 12.7. The van der Waals surface area contributed by atoms with Crippen LogP contribution < -0.4 is 10.6 Å². The van der Waals surface area contributed by atoms with Crippen LogP contribution in [0.5, 0.6) is 0 Å². The number of carbonyl (C=O) groups excluding carboxylic acids is 3. The maximum atomic E-state index is 12.7. The van der Waals surface area contributed by atoms with Crippen LogP contribution in [0.2, 0.25) is 5.02 Å². The third-order valence-electron chi connectivity index (χ3n) is 4.18. The Labute approximate surface area is 172 Å². The molecule has 29 heavy (non-hydrogen) atoms. The number of benzene rings is 2. The van der Waals surface area contributed by atoms with Crippen LogP contribution in [0.1, 0.15) is 41.5 Å². The second-order valence-corrected chi connectivity index (χ2v) is 7.15. The Morgan fingerprint density at radius 2 is 1.76 bits per heavy atom. The summed E-state index contributed by atoms with van der Waals surface area (Å²) in [5, 5.41) is 16.2. The first kappa shape index (κ1) is 22.0. The number of halogens is 1. The first-order chi connectivity index (χ1) is 13.6. The fourth-order valence-electron chi connectivity index (χ4n) is 2.59. The van der Waals surface area contributed by atoms with Gasteiger partial charge in [-0.2, -0.15) is 0 Å². The molecule has 2 amide bonds. The summed E-state index contributed by atoms with van der Waals surface area (Å²) in [6, 6.07) is 9.20. The Kier molecular flexibility index (Phi) is 7.06. The van der Waals surface area contributed by atoms with E-state index < -0.39 is 28.5 Å². The van der Waals surface area contributed by atoms with Crippen LogP contribution in [0.25, 0.3) is 0 Å². The summed E-state index contributed by atoms with van der Waals surface area (Å²) in [7, 11) is 0. The molecule has 0 saturated carbocycles. The lowest BCUT2D eigenvalue weighted by molar-refractivity contribution is -0.384. The number of rotatable bonds is 7. The fourth-order valence-corrected chi connectivity index (χ4v) is 2.78. The van der Waals surface area contributed by atoms with Crippen LogP contribution in [-0.4, -0.2) is 28.6 Å². The summed E-state index contributed by atoms with van der Waals surface area (Å²) in [5.41, 5.74) is 0.482. The Bertz CT molecular complexity index is 974. The smallest absolute Gasteiger partial charge is 0.288 e. The lowest BCUT2D eigenvalue weighted by atomic mass is 10.0. The highest BCUT2D eigenvalue weighted by Gasteiger charge is 2.26. The Morgan fingerprint density at radius 3 is 2.34 bits per heavy atom. The Morgan fingerprint density at radius 1 is 1.07 bits per heavy atom. The van der Waals surface area contributed by atoms with Gasteiger partial charge in [0.25, 0.3) is 11.6 Å². The van der Waals surface area contributed by atoms with E-state index in [0.29, 0.717) is 11.3 Å². The molecule has 1 unspecified atom stereocenters. The van der Waals surface area contributed by atoms with Crippen LogP contribution in [0, 0.1) is 16.0 Å². The topological polar surface area (TPSA) is 118 Å². The van der Waals surface area contributed by atoms with E-state index in [-0.39, 0.29) is 22.3 Å². The van der Waals surface area contributed by atoms with Gasteiger partial charge in [-0.3, -0.25) is 24.5 Å². The van der Waals surface area contributed by atoms with Crippen molar-refractivity contribution >= 4 is 40.6 Å². The predicted octanol–water partition coefficient (Wildman–Crippen LogP) is 3.84. The van der Waals surface area contributed by atoms with E-state index in [4.69, 9.17) is 11.6 Å². The number of hydrogen-bond donors (Lipinski definition) is 2. The van der Waals surface area contributed by atoms with E-state index in [2.05, 4.69) is 10.6 Å². The third-order valence-corrected chi connectivity index (χ3v) is 4.50. The van der Waals surface area contributed by atoms with Crippen LogP contribution in [-0.2, 0) is 4.79 Å². The highest BCUT2D eigenvalue weighted by atomic mass is 35.5. The fraction of sp³-hybridized carbons (Fsp3) is 0.250. The first-order valence-electron chi connectivity index (χ1n) is 8.76. The molecule has 9 heteroatoms. The van der Waals surface area contributed by atoms with Gasteiger partial charge in [0.1, 0.15) is 11.1 Å². The molecule has 0 spiro atoms. The van der Waals surface area contributed by atoms with Crippen molar-refractivity contribution in [2.24, 2.45) is 5.92 Å². The van der Waals surface area contributed by atoms with Crippen molar-refractivity contribution in [1.82, 2.24) is 5.32 Å². The second-order valence-electron chi connectivity index (χ2n) is 6.74. The number of nitro benzene ring substituents is 1. The van der Waals surface area contributed by atoms with Gasteiger partial charge >= 0.3 is 0 Å². The summed E-state index contributed by atoms with van der Waals surface area (Å²) >= 11 is 5.77. The number of anilines is 1. The molecule has 0 aliphatic heterocycles. The number of amides is 2. The molecule has 0 bridgehead atoms. The van der Waals surface area contributed by atoms with Gasteiger partial charge in [0.2, 0.25) is 5.91 Å². The monoisotopic (exact) mass is 417 g/mol. The zero-order valence-electron chi connectivity index (χ0n) is 16.1. The van der Waals surface area contributed by atoms with Gasteiger partial charge in [0.15, 0.2) is 5.78 Å². The van der Waals surface area contributed by atoms with Crippen LogP contribution in [0.15, 0.2) is 42.5 Å². The lowest BCUT2D eigenvalue weighted by Gasteiger charge is -2.22. The number of nitro groups is 1. The van der Waals surface area contributed by atoms with Crippen LogP contribution in [0.3, 0.4) is 0 Å². The van der Waals surface area contributed by atoms with Gasteiger partial charge in [-0.1, -0.05) is 37.6 Å². The molecule has 0 aromatic heterocycles. The Hall–Kier alpha value is -3.26. The average molecular weight is 418 g/mol. The molecule has 152 valence electrons. The minimum Gasteiger partial charge on any atom is -0.340 e. The standard InChI is InChI=1S/C20H20ClN3O5/c1-11(2)18(20(27)22-15-6-4-5-13(9-15)12(3)25)23-19(26)14-7-8-16(21)17(10-14)24(28)29/h4-11,18H,1-3H3,(H,22,27)(H,23,26). The normalized spacial score (nSPS) is 11.6. The molecule has 2 rings (SSSR count). The van der Waals surface area contributed by atoms with E-state index in [1.807, 2.05) is 0 Å². The largest absolute Gasteiger partial charge is 0.340 e. The highest BCUT2D eigenvalue weighted by molar-refractivity contribution is 6.32. The van der Waals surface area contributed by atoms with E-state index in [0.717, 1.165) is 6.07 Å². The minimum atomic E-state index is -0.904. The van der Waals surface area contributed by atoms with Gasteiger partial charge in [-0.05, 0) is 37.1 Å². The molecule has 0 radical (unpaired) electrons. The summed E-state index contributed by atoms with van der Waals surface area (Å²) in [4.78, 5) is 47.1. The van der Waals surface area contributed by atoms with E-state index in [9.17, 15) is 24.5 Å². The molecular formula is C20H20ClN3O5. The molecule has 0 aliphatic carbocycles. The van der Waals surface area contributed by atoms with Gasteiger partial charge in [0.05, 0.1) is 4.92 Å². The van der Waals surface area contributed by atoms with Gasteiger partial charge in [0, 0.05) is 22.9 Å². The molecule has 0 heterocycles. The van der Waals surface area contributed by atoms with E-state index >= 15 is 0 Å². The quantitative estimate of drug-likeness (QED) is 0.403. The van der Waals surface area contributed by atoms with Crippen LogP contribution >= 0.6 is 11.6 Å². The SMILES string of the molecule is CC(=O)c1cccc(NC(=O)C(NC(=O)c2ccc(Cl)c([N+](=O)[O-])c2)C(C)C)c1. The predicted molar refractivity (Wildman–Crippen MR) is 109 cm³/mol. The van der Waals surface area contributed by atoms with Crippen molar-refractivity contribution in [3.8, 4) is 0 Å². The number of Topliss-reactive ketones (excluding diaryl/α,β-unsaturated/α-hetero) is 1. The molecule has 0 aliphatic rings. The molecule has 2 aromatic rings. The van der Waals surface area contributed by atoms with Gasteiger partial charge in [-0.25, -0.2) is 0 Å². The van der Waals surface area contributed by atoms with Crippen LogP contribution in [0.4, 0.5) is 11.4 Å². The molecule has 0 fully saturated rings. The lowest BCUT2D eigenvalue weighted by Crippen LogP contribution is -2.47. The third kappa shape index (κ3) is 5.61. The van der Waals surface area contributed by atoms with Crippen molar-refractivity contribution in [3.63, 3.8) is 0 Å². The zero-order chi connectivity index (χ0) is 21.7. The molecule has 2 N–H and O–H groups in total. The van der Waals surface area contributed by atoms with Gasteiger partial charge in [-0.15, -0.1) is 0 Å². The summed E-state index contributed by atoms with van der Waals surface area (Å²) in [6.45, 7) is 4.92. The van der Waals surface area contributed by atoms with Crippen molar-refractivity contribution in [3.05, 3.63) is 68.7 Å². The number of nitrogens with one attached hydrogen (secondary N) is 2. The summed E-state index contributed by atoms with van der Waals surface area (Å²) < 4.78 is 0. The first-order valence-corrected chi connectivity index (χ1v) is 9.14. The van der Waals surface area contributed by atoms with Crippen molar-refractivity contribution in [2.45, 2.75) is 26.8 Å². The summed E-state index contributed by atoms with van der Waals surface area (Å²) in [5.74, 6) is -1.52. The average Bonchev–Trinajstić information content (AvgIpc) is 2.65. The van der Waals surface area contributed by atoms with Gasteiger partial charge < -0.3 is 10.6 Å². The second kappa shape index (κ2) is 9.29. The summed E-state index contributed by atoms with van der Waals surface area (Å²) in [6.07, 6.45) is 0. The van der Waals surface area contributed by atoms with E-state index in [1.54, 1.807) is 38.1 Å². The Balaban J connectivity index is 2.19. The maximum Gasteiger partial charge on any atom is 0.288 e. The van der Waals surface area contributed by atoms with Crippen molar-refractivity contribution in [1.29, 1.82) is 0 Å². The molecule has 2 aromatic carbocycles. The molecule has 1 atom stereocenters.